The number of hydrogen-bond donors (Lipinski definition) is 0. The number of halogens is 2. The molecule has 4 rings (SSSR count). The maximum Gasteiger partial charge on any atom is -1.00 e. The molecule has 2 aliphatic carbocycles. The van der Waals surface area contributed by atoms with Crippen LogP contribution >= 0.6 is 0 Å². The standard InChI is InChI=1S/C22H21.C3H7.2ClH.Zr/c1-22(2,3)19-10-8-16(14-19)15-9-11-21-18(12-15)13-17-6-4-5-7-20(17)21;1-3-2;;;/h4-7,9-11,14H,8,13H2,1-3H3;3H,1-2H3;2*1H;/q;;;;+2/p-2. The molecular formula is C25H28Cl2Zr. The second-order valence-corrected chi connectivity index (χ2v) is 13.7. The Hall–Kier alpha value is -0.617. The van der Waals surface area contributed by atoms with Crippen LogP contribution in [0.25, 0.3) is 16.7 Å². The van der Waals surface area contributed by atoms with Crippen LogP contribution in [-0.4, -0.2) is 0 Å². The first-order valence-corrected chi connectivity index (χ1v) is 12.4. The molecule has 0 amide bonds. The number of allylic oxidation sites excluding steroid dienone is 4. The van der Waals surface area contributed by atoms with Crippen LogP contribution in [-0.2, 0) is 29.7 Å². The fourth-order valence-electron chi connectivity index (χ4n) is 4.17. The quantitative estimate of drug-likeness (QED) is 0.504. The summed E-state index contributed by atoms with van der Waals surface area (Å²) in [6, 6.07) is 13.8. The van der Waals surface area contributed by atoms with Crippen molar-refractivity contribution in [2.45, 2.75) is 51.1 Å². The summed E-state index contributed by atoms with van der Waals surface area (Å²) in [7, 11) is 0. The van der Waals surface area contributed by atoms with E-state index in [9.17, 15) is 0 Å². The first-order valence-electron chi connectivity index (χ1n) is 9.77. The van der Waals surface area contributed by atoms with E-state index < -0.39 is 23.2 Å². The molecule has 0 nitrogen and oxygen atoms in total. The van der Waals surface area contributed by atoms with Gasteiger partial charge >= 0.3 is 171 Å². The molecule has 0 aromatic heterocycles. The van der Waals surface area contributed by atoms with E-state index in [4.69, 9.17) is 0 Å². The first-order chi connectivity index (χ1) is 12.3. The number of fused-ring (bicyclic) bond motifs is 3. The third-order valence-corrected chi connectivity index (χ3v) is 9.04. The zero-order valence-electron chi connectivity index (χ0n) is 17.4. The van der Waals surface area contributed by atoms with Gasteiger partial charge in [0.05, 0.1) is 0 Å². The van der Waals surface area contributed by atoms with Crippen molar-refractivity contribution in [2.24, 2.45) is 5.41 Å². The van der Waals surface area contributed by atoms with E-state index in [2.05, 4.69) is 83.2 Å². The average molecular weight is 491 g/mol. The molecule has 0 N–H and O–H groups in total. The van der Waals surface area contributed by atoms with Gasteiger partial charge in [-0.1, -0.05) is 0 Å². The van der Waals surface area contributed by atoms with Gasteiger partial charge in [0.25, 0.3) is 0 Å². The Labute approximate surface area is 194 Å². The van der Waals surface area contributed by atoms with Gasteiger partial charge < -0.3 is 24.8 Å². The molecule has 0 saturated heterocycles. The molecular weight excluding hydrogens is 462 g/mol. The molecule has 28 heavy (non-hydrogen) atoms. The number of rotatable bonds is 3. The average Bonchev–Trinajstić information content (AvgIpc) is 3.19. The van der Waals surface area contributed by atoms with E-state index in [0.717, 1.165) is 16.5 Å². The van der Waals surface area contributed by atoms with Crippen molar-refractivity contribution in [1.82, 2.24) is 0 Å². The predicted octanol–water partition coefficient (Wildman–Crippen LogP) is 0.562. The van der Waals surface area contributed by atoms with Gasteiger partial charge in [-0.2, -0.15) is 0 Å². The normalized spacial score (nSPS) is 14.4. The van der Waals surface area contributed by atoms with Crippen LogP contribution in [0.1, 0.15) is 57.7 Å². The maximum absolute atomic E-state index is 2.48. The van der Waals surface area contributed by atoms with E-state index >= 15 is 0 Å². The van der Waals surface area contributed by atoms with Gasteiger partial charge in [-0.15, -0.1) is 0 Å². The van der Waals surface area contributed by atoms with E-state index in [1.54, 1.807) is 20.0 Å². The Morgan fingerprint density at radius 2 is 1.57 bits per heavy atom. The predicted molar refractivity (Wildman–Crippen MR) is 110 cm³/mol. The molecule has 0 saturated carbocycles. The van der Waals surface area contributed by atoms with Gasteiger partial charge in [0.15, 0.2) is 0 Å². The van der Waals surface area contributed by atoms with Crippen LogP contribution in [0.5, 0.6) is 0 Å². The molecule has 146 valence electrons. The molecule has 0 fully saturated rings. The van der Waals surface area contributed by atoms with Crippen LogP contribution in [0.15, 0.2) is 54.1 Å². The van der Waals surface area contributed by atoms with Crippen LogP contribution in [0.3, 0.4) is 0 Å². The van der Waals surface area contributed by atoms with Gasteiger partial charge in [-0.05, 0) is 0 Å². The van der Waals surface area contributed by atoms with E-state index in [1.165, 1.54) is 22.3 Å². The van der Waals surface area contributed by atoms with Gasteiger partial charge in [0.1, 0.15) is 0 Å². The Morgan fingerprint density at radius 3 is 2.21 bits per heavy atom. The van der Waals surface area contributed by atoms with E-state index in [1.807, 2.05) is 0 Å². The molecule has 0 bridgehead atoms. The molecule has 0 radical (unpaired) electrons. The number of benzene rings is 2. The summed E-state index contributed by atoms with van der Waals surface area (Å²) >= 11 is -0.616. The van der Waals surface area contributed by atoms with Crippen LogP contribution in [0, 0.1) is 5.41 Å². The fraction of sp³-hybridized carbons (Fsp3) is 0.360. The zero-order valence-corrected chi connectivity index (χ0v) is 21.3. The Kier molecular flexibility index (Phi) is 7.63. The van der Waals surface area contributed by atoms with Gasteiger partial charge in [0, 0.05) is 0 Å². The molecule has 2 aliphatic rings. The van der Waals surface area contributed by atoms with Crippen molar-refractivity contribution in [3.05, 3.63) is 70.8 Å². The summed E-state index contributed by atoms with van der Waals surface area (Å²) in [6.07, 6.45) is 7.16. The topological polar surface area (TPSA) is 0 Å². The van der Waals surface area contributed by atoms with Crippen molar-refractivity contribution in [1.29, 1.82) is 0 Å². The number of hydrogen-bond acceptors (Lipinski definition) is 0. The summed E-state index contributed by atoms with van der Waals surface area (Å²) in [5, 5.41) is 0. The first kappa shape index (κ1) is 23.7. The molecule has 2 aromatic rings. The zero-order chi connectivity index (χ0) is 18.5. The van der Waals surface area contributed by atoms with Gasteiger partial charge in [-0.3, -0.25) is 0 Å². The SMILES string of the molecule is C[CH](C)[Zr+2][c]1c(C2=CC(C(C)(C)C)=CC2)ccc2c1Cc1ccccc1-2.[Cl-].[Cl-]. The van der Waals surface area contributed by atoms with Crippen LogP contribution in [0.2, 0.25) is 3.63 Å². The summed E-state index contributed by atoms with van der Waals surface area (Å²) in [5.41, 5.74) is 11.0. The van der Waals surface area contributed by atoms with E-state index in [-0.39, 0.29) is 30.2 Å². The van der Waals surface area contributed by atoms with Crippen LogP contribution in [0.4, 0.5) is 0 Å². The summed E-state index contributed by atoms with van der Waals surface area (Å²) in [4.78, 5) is 0. The van der Waals surface area contributed by atoms with E-state index in [0.29, 0.717) is 0 Å². The van der Waals surface area contributed by atoms with Crippen LogP contribution < -0.4 is 28.1 Å². The van der Waals surface area contributed by atoms with Crippen molar-refractivity contribution in [2.75, 3.05) is 0 Å². The smallest absolute Gasteiger partial charge is 1.00 e. The Balaban J connectivity index is 0.00000140. The fourth-order valence-corrected chi connectivity index (χ4v) is 7.55. The van der Waals surface area contributed by atoms with Crippen molar-refractivity contribution >= 4 is 8.84 Å². The minimum absolute atomic E-state index is 0. The molecule has 3 heteroatoms. The third kappa shape index (κ3) is 4.43. The molecule has 2 aromatic carbocycles. The Bertz CT molecular complexity index is 930. The molecule has 0 heterocycles. The van der Waals surface area contributed by atoms with Crippen molar-refractivity contribution in [3.8, 4) is 11.1 Å². The second kappa shape index (κ2) is 9.03. The third-order valence-electron chi connectivity index (χ3n) is 5.50. The maximum atomic E-state index is 2.48. The minimum atomic E-state index is -0.616. The summed E-state index contributed by atoms with van der Waals surface area (Å²) in [6.45, 7) is 11.8. The summed E-state index contributed by atoms with van der Waals surface area (Å²) in [5.74, 6) is 0. The molecule has 0 unspecified atom stereocenters. The minimum Gasteiger partial charge on any atom is -1.00 e. The molecule has 0 spiro atoms. The van der Waals surface area contributed by atoms with Gasteiger partial charge in [-0.25, -0.2) is 0 Å². The monoisotopic (exact) mass is 488 g/mol. The van der Waals surface area contributed by atoms with Crippen molar-refractivity contribution in [3.63, 3.8) is 0 Å². The largest absolute Gasteiger partial charge is 1.00 e. The second-order valence-electron chi connectivity index (χ2n) is 8.93. The Morgan fingerprint density at radius 1 is 0.893 bits per heavy atom. The molecule has 0 aliphatic heterocycles. The van der Waals surface area contributed by atoms with Gasteiger partial charge in [0.2, 0.25) is 0 Å². The summed E-state index contributed by atoms with van der Waals surface area (Å²) < 4.78 is 2.59. The van der Waals surface area contributed by atoms with Crippen molar-refractivity contribution < 1.29 is 48.0 Å². The molecule has 0 atom stereocenters.